The summed E-state index contributed by atoms with van der Waals surface area (Å²) >= 11 is 6.14. The molecule has 0 aliphatic carbocycles. The molecule has 1 aliphatic heterocycles. The van der Waals surface area contributed by atoms with Crippen LogP contribution in [0.5, 0.6) is 0 Å². The summed E-state index contributed by atoms with van der Waals surface area (Å²) in [4.78, 5) is 4.84. The Hall–Kier alpha value is -0.770. The minimum Gasteiger partial charge on any atom is -0.373 e. The van der Waals surface area contributed by atoms with Crippen LogP contribution in [0, 0.1) is 0 Å². The molecule has 1 saturated heterocycles. The third-order valence-electron chi connectivity index (χ3n) is 4.17. The largest absolute Gasteiger partial charge is 0.373 e. The van der Waals surface area contributed by atoms with E-state index in [1.165, 1.54) is 30.6 Å². The van der Waals surface area contributed by atoms with Gasteiger partial charge in [0, 0.05) is 36.9 Å². The van der Waals surface area contributed by atoms with E-state index in [9.17, 15) is 0 Å². The van der Waals surface area contributed by atoms with Crippen LogP contribution in [0.1, 0.15) is 25.3 Å². The Morgan fingerprint density at radius 2 is 2.25 bits per heavy atom. The van der Waals surface area contributed by atoms with Gasteiger partial charge in [-0.15, -0.1) is 0 Å². The van der Waals surface area contributed by atoms with Gasteiger partial charge in [0.15, 0.2) is 0 Å². The Bertz CT molecular complexity index is 436. The van der Waals surface area contributed by atoms with E-state index in [1.807, 2.05) is 6.07 Å². The van der Waals surface area contributed by atoms with Crippen molar-refractivity contribution in [2.75, 3.05) is 38.6 Å². The Kier molecular flexibility index (Phi) is 5.70. The van der Waals surface area contributed by atoms with Gasteiger partial charge in [-0.05, 0) is 56.7 Å². The lowest BCUT2D eigenvalue weighted by Gasteiger charge is -2.29. The number of likely N-dealkylation sites (tertiary alicyclic amines) is 1. The number of hydrogen-bond donors (Lipinski definition) is 1. The van der Waals surface area contributed by atoms with E-state index in [2.05, 4.69) is 48.3 Å². The number of nitrogens with zero attached hydrogens (tertiary/aromatic N) is 2. The molecule has 0 aromatic heterocycles. The first-order valence-electron chi connectivity index (χ1n) is 7.52. The Balaban J connectivity index is 2.09. The maximum Gasteiger partial charge on any atom is 0.0410 e. The van der Waals surface area contributed by atoms with Crippen molar-refractivity contribution >= 4 is 17.3 Å². The first-order valence-corrected chi connectivity index (χ1v) is 7.90. The Labute approximate surface area is 127 Å². The molecule has 0 saturated carbocycles. The highest BCUT2D eigenvalue weighted by Crippen LogP contribution is 2.25. The molecule has 1 N–H and O–H groups in total. The number of nitrogens with one attached hydrogen (secondary N) is 1. The Morgan fingerprint density at radius 3 is 2.90 bits per heavy atom. The molecule has 1 aromatic rings. The van der Waals surface area contributed by atoms with Crippen LogP contribution >= 0.6 is 11.6 Å². The van der Waals surface area contributed by atoms with E-state index >= 15 is 0 Å². The number of halogens is 1. The molecule has 1 fully saturated rings. The molecule has 0 amide bonds. The highest BCUT2D eigenvalue weighted by molar-refractivity contribution is 6.30. The number of likely N-dealkylation sites (N-methyl/N-ethyl adjacent to an activating group) is 2. The van der Waals surface area contributed by atoms with E-state index in [1.54, 1.807) is 0 Å². The second kappa shape index (κ2) is 7.30. The maximum absolute atomic E-state index is 6.14. The van der Waals surface area contributed by atoms with Crippen molar-refractivity contribution in [3.8, 4) is 0 Å². The third-order valence-corrected chi connectivity index (χ3v) is 4.41. The van der Waals surface area contributed by atoms with Crippen molar-refractivity contribution in [2.24, 2.45) is 0 Å². The van der Waals surface area contributed by atoms with Crippen LogP contribution in [0.15, 0.2) is 18.2 Å². The van der Waals surface area contributed by atoms with Gasteiger partial charge >= 0.3 is 0 Å². The lowest BCUT2D eigenvalue weighted by molar-refractivity contribution is 0.314. The van der Waals surface area contributed by atoms with Crippen LogP contribution in [-0.2, 0) is 6.54 Å². The summed E-state index contributed by atoms with van der Waals surface area (Å²) in [6, 6.07) is 6.88. The zero-order chi connectivity index (χ0) is 14.5. The number of anilines is 1. The topological polar surface area (TPSA) is 18.5 Å². The fourth-order valence-electron chi connectivity index (χ4n) is 2.95. The molecule has 0 radical (unpaired) electrons. The fraction of sp³-hybridized carbons (Fsp3) is 0.625. The summed E-state index contributed by atoms with van der Waals surface area (Å²) in [5, 5.41) is 4.21. The van der Waals surface area contributed by atoms with Crippen LogP contribution in [0.2, 0.25) is 5.02 Å². The monoisotopic (exact) mass is 295 g/mol. The zero-order valence-electron chi connectivity index (χ0n) is 12.8. The molecule has 1 aliphatic rings. The fourth-order valence-corrected chi connectivity index (χ4v) is 3.15. The summed E-state index contributed by atoms with van der Waals surface area (Å²) in [5.74, 6) is 0. The van der Waals surface area contributed by atoms with Crippen LogP contribution in [0.4, 0.5) is 5.69 Å². The standard InChI is InChI=1S/C16H26ClN3/c1-4-18-11-13-10-14(17)7-8-16(13)20(3)12-15-6-5-9-19(15)2/h7-8,10,15,18H,4-6,9,11-12H2,1-3H3. The molecule has 4 heteroatoms. The predicted molar refractivity (Wildman–Crippen MR) is 87.8 cm³/mol. The van der Waals surface area contributed by atoms with E-state index in [0.717, 1.165) is 24.7 Å². The first kappa shape index (κ1) is 15.6. The summed E-state index contributed by atoms with van der Waals surface area (Å²) in [6.45, 7) is 6.28. The minimum absolute atomic E-state index is 0.669. The van der Waals surface area contributed by atoms with Gasteiger partial charge in [0.2, 0.25) is 0 Å². The number of benzene rings is 1. The van der Waals surface area contributed by atoms with Gasteiger partial charge in [0.1, 0.15) is 0 Å². The number of rotatable bonds is 6. The second-order valence-corrected chi connectivity index (χ2v) is 6.15. The number of hydrogen-bond acceptors (Lipinski definition) is 3. The van der Waals surface area contributed by atoms with Gasteiger partial charge in [-0.3, -0.25) is 0 Å². The molecule has 112 valence electrons. The van der Waals surface area contributed by atoms with Gasteiger partial charge in [0.25, 0.3) is 0 Å². The van der Waals surface area contributed by atoms with E-state index in [0.29, 0.717) is 6.04 Å². The second-order valence-electron chi connectivity index (χ2n) is 5.71. The molecular formula is C16H26ClN3. The molecule has 1 aromatic carbocycles. The smallest absolute Gasteiger partial charge is 0.0410 e. The van der Waals surface area contributed by atoms with Gasteiger partial charge < -0.3 is 15.1 Å². The van der Waals surface area contributed by atoms with Crippen LogP contribution in [0.3, 0.4) is 0 Å². The van der Waals surface area contributed by atoms with Crippen molar-refractivity contribution in [1.29, 1.82) is 0 Å². The quantitative estimate of drug-likeness (QED) is 0.870. The lowest BCUT2D eigenvalue weighted by Crippen LogP contribution is -2.37. The summed E-state index contributed by atoms with van der Waals surface area (Å²) in [7, 11) is 4.41. The van der Waals surface area contributed by atoms with Crippen molar-refractivity contribution in [2.45, 2.75) is 32.4 Å². The van der Waals surface area contributed by atoms with Crippen molar-refractivity contribution in [3.63, 3.8) is 0 Å². The summed E-state index contributed by atoms with van der Waals surface area (Å²) in [6.07, 6.45) is 2.62. The van der Waals surface area contributed by atoms with Crippen molar-refractivity contribution in [1.82, 2.24) is 10.2 Å². The van der Waals surface area contributed by atoms with E-state index in [4.69, 9.17) is 11.6 Å². The van der Waals surface area contributed by atoms with Crippen molar-refractivity contribution in [3.05, 3.63) is 28.8 Å². The van der Waals surface area contributed by atoms with Crippen LogP contribution in [-0.4, -0.2) is 44.7 Å². The predicted octanol–water partition coefficient (Wildman–Crippen LogP) is 2.98. The molecule has 2 rings (SSSR count). The van der Waals surface area contributed by atoms with E-state index in [-0.39, 0.29) is 0 Å². The molecular weight excluding hydrogens is 270 g/mol. The molecule has 1 atom stereocenters. The minimum atomic E-state index is 0.669. The van der Waals surface area contributed by atoms with Gasteiger partial charge in [-0.2, -0.15) is 0 Å². The van der Waals surface area contributed by atoms with Crippen molar-refractivity contribution < 1.29 is 0 Å². The molecule has 0 bridgehead atoms. The average Bonchev–Trinajstić information content (AvgIpc) is 2.82. The van der Waals surface area contributed by atoms with Crippen LogP contribution in [0.25, 0.3) is 0 Å². The Morgan fingerprint density at radius 1 is 1.45 bits per heavy atom. The van der Waals surface area contributed by atoms with E-state index < -0.39 is 0 Å². The summed E-state index contributed by atoms with van der Waals surface area (Å²) < 4.78 is 0. The van der Waals surface area contributed by atoms with Crippen LogP contribution < -0.4 is 10.2 Å². The molecule has 3 nitrogen and oxygen atoms in total. The zero-order valence-corrected chi connectivity index (χ0v) is 13.6. The third kappa shape index (κ3) is 3.87. The molecule has 1 unspecified atom stereocenters. The highest BCUT2D eigenvalue weighted by Gasteiger charge is 2.22. The maximum atomic E-state index is 6.14. The molecule has 0 spiro atoms. The normalized spacial score (nSPS) is 19.5. The summed E-state index contributed by atoms with van der Waals surface area (Å²) in [5.41, 5.74) is 2.57. The van der Waals surface area contributed by atoms with Gasteiger partial charge in [-0.1, -0.05) is 18.5 Å². The molecule has 1 heterocycles. The first-order chi connectivity index (χ1) is 9.61. The lowest BCUT2D eigenvalue weighted by atomic mass is 10.1. The van der Waals surface area contributed by atoms with Gasteiger partial charge in [0.05, 0.1) is 0 Å². The average molecular weight is 296 g/mol. The molecule has 20 heavy (non-hydrogen) atoms. The van der Waals surface area contributed by atoms with Gasteiger partial charge in [-0.25, -0.2) is 0 Å². The highest BCUT2D eigenvalue weighted by atomic mass is 35.5. The SMILES string of the molecule is CCNCc1cc(Cl)ccc1N(C)CC1CCCN1C.